The van der Waals surface area contributed by atoms with Crippen LogP contribution in [-0.4, -0.2) is 33.9 Å². The second kappa shape index (κ2) is 7.97. The van der Waals surface area contributed by atoms with Crippen LogP contribution in [0.1, 0.15) is 0 Å². The normalized spacial score (nSPS) is 12.2. The van der Waals surface area contributed by atoms with Gasteiger partial charge in [0, 0.05) is 5.56 Å². The zero-order valence-electron chi connectivity index (χ0n) is 16.1. The Morgan fingerprint density at radius 1 is 0.871 bits per heavy atom. The standard InChI is InChI=1S/C20H17ClN4O4S2/c1-22-30(26,27)14-5-4-6-15(12-14)31(28,29)25-13-9-10-18-19(11-13)24-20(23-18)16-7-2-3-8-17(16)21/h2-12,22,25H,1H3,(H,23,24). The summed E-state index contributed by atoms with van der Waals surface area (Å²) in [6, 6.07) is 17.2. The average Bonchev–Trinajstić information content (AvgIpc) is 3.17. The molecule has 0 unspecified atom stereocenters. The molecule has 0 aliphatic heterocycles. The number of aromatic amines is 1. The van der Waals surface area contributed by atoms with Gasteiger partial charge >= 0.3 is 0 Å². The van der Waals surface area contributed by atoms with Crippen molar-refractivity contribution in [3.05, 3.63) is 71.8 Å². The third-order valence-corrected chi connectivity index (χ3v) is 7.68. The van der Waals surface area contributed by atoms with Crippen LogP contribution in [0.4, 0.5) is 5.69 Å². The SMILES string of the molecule is CNS(=O)(=O)c1cccc(S(=O)(=O)Nc2ccc3nc(-c4ccccc4Cl)[nH]c3c2)c1. The molecule has 0 saturated carbocycles. The Kier molecular flexibility index (Phi) is 5.48. The maximum Gasteiger partial charge on any atom is 0.261 e. The molecule has 1 aromatic heterocycles. The summed E-state index contributed by atoms with van der Waals surface area (Å²) in [5, 5.41) is 0.541. The monoisotopic (exact) mass is 476 g/mol. The molecule has 0 spiro atoms. The molecule has 0 aliphatic rings. The quantitative estimate of drug-likeness (QED) is 0.392. The summed E-state index contributed by atoms with van der Waals surface area (Å²) in [7, 11) is -6.54. The smallest absolute Gasteiger partial charge is 0.261 e. The predicted octanol–water partition coefficient (Wildman–Crippen LogP) is 3.59. The molecule has 4 aromatic rings. The van der Waals surface area contributed by atoms with Crippen LogP contribution in [0.25, 0.3) is 22.4 Å². The highest BCUT2D eigenvalue weighted by atomic mass is 35.5. The van der Waals surface area contributed by atoms with Gasteiger partial charge < -0.3 is 4.98 Å². The molecule has 0 bridgehead atoms. The fraction of sp³-hybridized carbons (Fsp3) is 0.0500. The Morgan fingerprint density at radius 3 is 2.29 bits per heavy atom. The summed E-state index contributed by atoms with van der Waals surface area (Å²) >= 11 is 6.23. The van der Waals surface area contributed by atoms with E-state index >= 15 is 0 Å². The van der Waals surface area contributed by atoms with Crippen molar-refractivity contribution in [3.8, 4) is 11.4 Å². The van der Waals surface area contributed by atoms with Crippen LogP contribution >= 0.6 is 11.6 Å². The number of benzene rings is 3. The maximum atomic E-state index is 12.8. The van der Waals surface area contributed by atoms with Gasteiger partial charge in [0.05, 0.1) is 31.5 Å². The van der Waals surface area contributed by atoms with E-state index in [0.717, 1.165) is 11.6 Å². The van der Waals surface area contributed by atoms with E-state index in [1.807, 2.05) is 18.2 Å². The Balaban J connectivity index is 1.67. The first-order chi connectivity index (χ1) is 14.7. The van der Waals surface area contributed by atoms with Gasteiger partial charge in [0.15, 0.2) is 0 Å². The Hall–Kier alpha value is -2.92. The first-order valence-electron chi connectivity index (χ1n) is 9.01. The molecule has 11 heteroatoms. The molecule has 160 valence electrons. The lowest BCUT2D eigenvalue weighted by molar-refractivity contribution is 0.588. The van der Waals surface area contributed by atoms with Crippen molar-refractivity contribution in [2.24, 2.45) is 0 Å². The summed E-state index contributed by atoms with van der Waals surface area (Å²) in [4.78, 5) is 7.31. The molecule has 3 N–H and O–H groups in total. The van der Waals surface area contributed by atoms with Crippen molar-refractivity contribution in [1.29, 1.82) is 0 Å². The van der Waals surface area contributed by atoms with Gasteiger partial charge in [-0.3, -0.25) is 4.72 Å². The molecular weight excluding hydrogens is 460 g/mol. The van der Waals surface area contributed by atoms with E-state index in [1.54, 1.807) is 24.3 Å². The number of sulfonamides is 2. The number of nitrogens with zero attached hydrogens (tertiary/aromatic N) is 1. The Bertz CT molecular complexity index is 1500. The molecule has 31 heavy (non-hydrogen) atoms. The number of anilines is 1. The fourth-order valence-electron chi connectivity index (χ4n) is 2.99. The van der Waals surface area contributed by atoms with Gasteiger partial charge in [-0.15, -0.1) is 0 Å². The van der Waals surface area contributed by atoms with Crippen molar-refractivity contribution in [1.82, 2.24) is 14.7 Å². The van der Waals surface area contributed by atoms with Gasteiger partial charge in [-0.05, 0) is 55.6 Å². The molecule has 1 heterocycles. The largest absolute Gasteiger partial charge is 0.338 e. The van der Waals surface area contributed by atoms with Gasteiger partial charge in [0.25, 0.3) is 10.0 Å². The minimum atomic E-state index is -4.02. The highest BCUT2D eigenvalue weighted by molar-refractivity contribution is 7.93. The van der Waals surface area contributed by atoms with Crippen molar-refractivity contribution < 1.29 is 16.8 Å². The van der Waals surface area contributed by atoms with E-state index < -0.39 is 20.0 Å². The van der Waals surface area contributed by atoms with Gasteiger partial charge in [0.2, 0.25) is 10.0 Å². The molecule has 0 aliphatic carbocycles. The lowest BCUT2D eigenvalue weighted by atomic mass is 10.2. The van der Waals surface area contributed by atoms with E-state index in [9.17, 15) is 16.8 Å². The fourth-order valence-corrected chi connectivity index (χ4v) is 5.16. The third kappa shape index (κ3) is 4.28. The number of hydrogen-bond donors (Lipinski definition) is 3. The molecule has 8 nitrogen and oxygen atoms in total. The summed E-state index contributed by atoms with van der Waals surface area (Å²) < 4.78 is 54.2. The number of halogens is 1. The number of H-pyrrole nitrogens is 1. The van der Waals surface area contributed by atoms with Crippen LogP contribution in [0, 0.1) is 0 Å². The number of imidazole rings is 1. The highest BCUT2D eigenvalue weighted by Gasteiger charge is 2.19. The topological polar surface area (TPSA) is 121 Å². The summed E-state index contributed by atoms with van der Waals surface area (Å²) in [6.07, 6.45) is 0. The first kappa shape index (κ1) is 21.3. The van der Waals surface area contributed by atoms with Crippen molar-refractivity contribution in [2.45, 2.75) is 9.79 Å². The molecule has 0 amide bonds. The number of rotatable bonds is 6. The van der Waals surface area contributed by atoms with Gasteiger partial charge in [0.1, 0.15) is 5.82 Å². The zero-order valence-corrected chi connectivity index (χ0v) is 18.5. The van der Waals surface area contributed by atoms with Crippen molar-refractivity contribution >= 4 is 48.4 Å². The minimum Gasteiger partial charge on any atom is -0.338 e. The van der Waals surface area contributed by atoms with E-state index in [2.05, 4.69) is 19.4 Å². The first-order valence-corrected chi connectivity index (χ1v) is 12.4. The molecule has 0 fully saturated rings. The van der Waals surface area contributed by atoms with Crippen LogP contribution in [0.5, 0.6) is 0 Å². The minimum absolute atomic E-state index is 0.147. The average molecular weight is 477 g/mol. The number of fused-ring (bicyclic) bond motifs is 1. The van der Waals surface area contributed by atoms with Crippen LogP contribution in [-0.2, 0) is 20.0 Å². The van der Waals surface area contributed by atoms with Crippen LogP contribution < -0.4 is 9.44 Å². The van der Waals surface area contributed by atoms with E-state index in [0.29, 0.717) is 27.6 Å². The van der Waals surface area contributed by atoms with Crippen LogP contribution in [0.3, 0.4) is 0 Å². The maximum absolute atomic E-state index is 12.8. The van der Waals surface area contributed by atoms with Gasteiger partial charge in [-0.25, -0.2) is 26.5 Å². The Labute approximate surface area is 184 Å². The lowest BCUT2D eigenvalue weighted by Crippen LogP contribution is -2.19. The molecule has 0 atom stereocenters. The zero-order chi connectivity index (χ0) is 22.2. The number of hydrogen-bond acceptors (Lipinski definition) is 5. The summed E-state index contributed by atoms with van der Waals surface area (Å²) in [5.41, 5.74) is 2.27. The molecule has 4 rings (SSSR count). The molecule has 0 saturated heterocycles. The van der Waals surface area contributed by atoms with E-state index in [4.69, 9.17) is 11.6 Å². The van der Waals surface area contributed by atoms with Crippen LogP contribution in [0.2, 0.25) is 5.02 Å². The van der Waals surface area contributed by atoms with Gasteiger partial charge in [-0.1, -0.05) is 29.8 Å². The number of aromatic nitrogens is 2. The van der Waals surface area contributed by atoms with Crippen molar-refractivity contribution in [2.75, 3.05) is 11.8 Å². The number of nitrogens with one attached hydrogen (secondary N) is 3. The summed E-state index contributed by atoms with van der Waals surface area (Å²) in [6.45, 7) is 0. The second-order valence-corrected chi connectivity index (χ2v) is 10.6. The van der Waals surface area contributed by atoms with Crippen molar-refractivity contribution in [3.63, 3.8) is 0 Å². The van der Waals surface area contributed by atoms with Gasteiger partial charge in [-0.2, -0.15) is 0 Å². The van der Waals surface area contributed by atoms with Crippen LogP contribution in [0.15, 0.2) is 76.5 Å². The van der Waals surface area contributed by atoms with E-state index in [-0.39, 0.29) is 9.79 Å². The second-order valence-electron chi connectivity index (χ2n) is 6.59. The predicted molar refractivity (Wildman–Crippen MR) is 120 cm³/mol. The Morgan fingerprint density at radius 2 is 1.58 bits per heavy atom. The molecule has 3 aromatic carbocycles. The lowest BCUT2D eigenvalue weighted by Gasteiger charge is -2.09. The van der Waals surface area contributed by atoms with E-state index in [1.165, 1.54) is 25.2 Å². The highest BCUT2D eigenvalue weighted by Crippen LogP contribution is 2.28. The molecule has 0 radical (unpaired) electrons. The third-order valence-electron chi connectivity index (χ3n) is 4.56. The molecular formula is C20H17ClN4O4S2. The summed E-state index contributed by atoms with van der Waals surface area (Å²) in [5.74, 6) is 0.561.